The van der Waals surface area contributed by atoms with E-state index >= 15 is 0 Å². The summed E-state index contributed by atoms with van der Waals surface area (Å²) in [4.78, 5) is 16.2. The SMILES string of the molecule is COCCN1CCCc2ccc(N=C=O)cc21. The third-order valence-corrected chi connectivity index (χ3v) is 3.02. The van der Waals surface area contributed by atoms with Crippen molar-refractivity contribution in [2.24, 2.45) is 4.99 Å². The van der Waals surface area contributed by atoms with Gasteiger partial charge in [0.15, 0.2) is 0 Å². The smallest absolute Gasteiger partial charge is 0.240 e. The molecule has 1 heterocycles. The molecule has 4 heteroatoms. The first-order valence-corrected chi connectivity index (χ1v) is 5.80. The van der Waals surface area contributed by atoms with Gasteiger partial charge in [-0.3, -0.25) is 0 Å². The van der Waals surface area contributed by atoms with Gasteiger partial charge in [-0.1, -0.05) is 6.07 Å². The van der Waals surface area contributed by atoms with E-state index in [1.54, 1.807) is 13.2 Å². The number of nitrogens with zero attached hydrogens (tertiary/aromatic N) is 2. The maximum atomic E-state index is 10.3. The highest BCUT2D eigenvalue weighted by Gasteiger charge is 2.16. The summed E-state index contributed by atoms with van der Waals surface area (Å²) < 4.78 is 5.11. The maximum absolute atomic E-state index is 10.3. The van der Waals surface area contributed by atoms with E-state index < -0.39 is 0 Å². The van der Waals surface area contributed by atoms with Gasteiger partial charge in [-0.2, -0.15) is 4.99 Å². The van der Waals surface area contributed by atoms with E-state index in [-0.39, 0.29) is 0 Å². The Morgan fingerprint density at radius 3 is 3.18 bits per heavy atom. The molecule has 0 saturated heterocycles. The highest BCUT2D eigenvalue weighted by molar-refractivity contribution is 5.64. The summed E-state index contributed by atoms with van der Waals surface area (Å²) in [5.41, 5.74) is 3.16. The van der Waals surface area contributed by atoms with Crippen molar-refractivity contribution in [2.45, 2.75) is 12.8 Å². The predicted octanol–water partition coefficient (Wildman–Crippen LogP) is 2.05. The van der Waals surface area contributed by atoms with Crippen LogP contribution in [0.1, 0.15) is 12.0 Å². The molecule has 17 heavy (non-hydrogen) atoms. The molecule has 4 nitrogen and oxygen atoms in total. The average Bonchev–Trinajstić information content (AvgIpc) is 2.36. The topological polar surface area (TPSA) is 41.9 Å². The van der Waals surface area contributed by atoms with Crippen LogP contribution >= 0.6 is 0 Å². The molecule has 0 spiro atoms. The Labute approximate surface area is 101 Å². The molecule has 0 N–H and O–H groups in total. The largest absolute Gasteiger partial charge is 0.383 e. The number of aryl methyl sites for hydroxylation is 1. The lowest BCUT2D eigenvalue weighted by molar-refractivity contribution is 0.205. The number of isocyanates is 1. The molecule has 0 radical (unpaired) electrons. The Morgan fingerprint density at radius 2 is 2.41 bits per heavy atom. The second-order valence-corrected chi connectivity index (χ2v) is 4.10. The Hall–Kier alpha value is -1.64. The molecule has 0 amide bonds. The lowest BCUT2D eigenvalue weighted by Crippen LogP contribution is -2.32. The first-order chi connectivity index (χ1) is 8.35. The predicted molar refractivity (Wildman–Crippen MR) is 66.6 cm³/mol. The zero-order valence-electron chi connectivity index (χ0n) is 9.98. The third-order valence-electron chi connectivity index (χ3n) is 3.02. The van der Waals surface area contributed by atoms with Crippen LogP contribution in [0.2, 0.25) is 0 Å². The van der Waals surface area contributed by atoms with E-state index in [2.05, 4.69) is 9.89 Å². The second kappa shape index (κ2) is 5.62. The summed E-state index contributed by atoms with van der Waals surface area (Å²) >= 11 is 0. The monoisotopic (exact) mass is 232 g/mol. The van der Waals surface area contributed by atoms with Gasteiger partial charge in [0.1, 0.15) is 0 Å². The Bertz CT molecular complexity index is 439. The van der Waals surface area contributed by atoms with Crippen molar-refractivity contribution < 1.29 is 9.53 Å². The number of methoxy groups -OCH3 is 1. The van der Waals surface area contributed by atoms with Crippen molar-refractivity contribution in [1.29, 1.82) is 0 Å². The zero-order valence-corrected chi connectivity index (χ0v) is 9.98. The van der Waals surface area contributed by atoms with Gasteiger partial charge >= 0.3 is 0 Å². The number of anilines is 1. The number of aliphatic imine (C=N–C) groups is 1. The van der Waals surface area contributed by atoms with E-state index in [4.69, 9.17) is 4.74 Å². The average molecular weight is 232 g/mol. The summed E-state index contributed by atoms with van der Waals surface area (Å²) in [6.07, 6.45) is 3.83. The molecule has 0 unspecified atom stereocenters. The van der Waals surface area contributed by atoms with Gasteiger partial charge in [0, 0.05) is 25.9 Å². The molecular weight excluding hydrogens is 216 g/mol. The Kier molecular flexibility index (Phi) is 3.91. The summed E-state index contributed by atoms with van der Waals surface area (Å²) in [6, 6.07) is 5.86. The number of benzene rings is 1. The van der Waals surface area contributed by atoms with Crippen LogP contribution in [0, 0.1) is 0 Å². The van der Waals surface area contributed by atoms with Crippen LogP contribution in [0.4, 0.5) is 11.4 Å². The number of fused-ring (bicyclic) bond motifs is 1. The van der Waals surface area contributed by atoms with Crippen LogP contribution in [0.25, 0.3) is 0 Å². The molecule has 0 atom stereocenters. The van der Waals surface area contributed by atoms with Gasteiger partial charge in [0.05, 0.1) is 12.3 Å². The van der Waals surface area contributed by atoms with Gasteiger partial charge in [0.2, 0.25) is 6.08 Å². The minimum absolute atomic E-state index is 0.670. The van der Waals surface area contributed by atoms with Crippen LogP contribution in [-0.4, -0.2) is 32.9 Å². The number of ether oxygens (including phenoxy) is 1. The first-order valence-electron chi connectivity index (χ1n) is 5.80. The normalized spacial score (nSPS) is 14.1. The highest BCUT2D eigenvalue weighted by atomic mass is 16.5. The van der Waals surface area contributed by atoms with Crippen molar-refractivity contribution in [2.75, 3.05) is 31.7 Å². The molecule has 0 bridgehead atoms. The lowest BCUT2D eigenvalue weighted by Gasteiger charge is -2.31. The second-order valence-electron chi connectivity index (χ2n) is 4.10. The van der Waals surface area contributed by atoms with E-state index in [9.17, 15) is 4.79 Å². The van der Waals surface area contributed by atoms with Crippen molar-refractivity contribution in [1.82, 2.24) is 0 Å². The molecule has 0 aliphatic carbocycles. The summed E-state index contributed by atoms with van der Waals surface area (Å²) in [7, 11) is 1.71. The number of hydrogen-bond acceptors (Lipinski definition) is 4. The van der Waals surface area contributed by atoms with Gasteiger partial charge in [-0.25, -0.2) is 4.79 Å². The first kappa shape index (κ1) is 11.8. The van der Waals surface area contributed by atoms with Crippen LogP contribution in [0.15, 0.2) is 23.2 Å². The fraction of sp³-hybridized carbons (Fsp3) is 0.462. The van der Waals surface area contributed by atoms with Crippen molar-refractivity contribution in [3.8, 4) is 0 Å². The highest BCUT2D eigenvalue weighted by Crippen LogP contribution is 2.30. The van der Waals surface area contributed by atoms with Gasteiger partial charge in [-0.15, -0.1) is 0 Å². The summed E-state index contributed by atoms with van der Waals surface area (Å²) in [5.74, 6) is 0. The molecular formula is C13H16N2O2. The maximum Gasteiger partial charge on any atom is 0.240 e. The van der Waals surface area contributed by atoms with E-state index in [0.29, 0.717) is 12.3 Å². The van der Waals surface area contributed by atoms with E-state index in [1.165, 1.54) is 11.3 Å². The molecule has 90 valence electrons. The fourth-order valence-corrected chi connectivity index (χ4v) is 2.19. The van der Waals surface area contributed by atoms with E-state index in [1.807, 2.05) is 18.2 Å². The molecule has 1 aromatic carbocycles. The van der Waals surface area contributed by atoms with E-state index in [0.717, 1.165) is 25.9 Å². The molecule has 0 aromatic heterocycles. The number of carbonyl (C=O) groups excluding carboxylic acids is 1. The van der Waals surface area contributed by atoms with Crippen LogP contribution in [0.5, 0.6) is 0 Å². The van der Waals surface area contributed by atoms with Crippen LogP contribution in [0.3, 0.4) is 0 Å². The van der Waals surface area contributed by atoms with Crippen molar-refractivity contribution in [3.63, 3.8) is 0 Å². The summed E-state index contributed by atoms with van der Waals surface area (Å²) in [5, 5.41) is 0. The van der Waals surface area contributed by atoms with Crippen LogP contribution < -0.4 is 4.90 Å². The van der Waals surface area contributed by atoms with Gasteiger partial charge in [0.25, 0.3) is 0 Å². The minimum Gasteiger partial charge on any atom is -0.383 e. The lowest BCUT2D eigenvalue weighted by atomic mass is 10.0. The molecule has 1 aromatic rings. The quantitative estimate of drug-likeness (QED) is 0.589. The van der Waals surface area contributed by atoms with Crippen molar-refractivity contribution in [3.05, 3.63) is 23.8 Å². The Morgan fingerprint density at radius 1 is 1.53 bits per heavy atom. The van der Waals surface area contributed by atoms with Gasteiger partial charge in [-0.05, 0) is 30.5 Å². The Balaban J connectivity index is 2.27. The van der Waals surface area contributed by atoms with Crippen LogP contribution in [-0.2, 0) is 16.0 Å². The molecule has 1 aliphatic heterocycles. The molecule has 0 saturated carbocycles. The van der Waals surface area contributed by atoms with Gasteiger partial charge < -0.3 is 9.64 Å². The fourth-order valence-electron chi connectivity index (χ4n) is 2.19. The third kappa shape index (κ3) is 2.73. The molecule has 2 rings (SSSR count). The summed E-state index contributed by atoms with van der Waals surface area (Å²) in [6.45, 7) is 2.61. The molecule has 0 fully saturated rings. The molecule has 1 aliphatic rings. The minimum atomic E-state index is 0.670. The number of rotatable bonds is 4. The zero-order chi connectivity index (χ0) is 12.1. The van der Waals surface area contributed by atoms with Crippen molar-refractivity contribution >= 4 is 17.5 Å². The number of hydrogen-bond donors (Lipinski definition) is 0. The standard InChI is InChI=1S/C13H16N2O2/c1-17-8-7-15-6-2-3-11-4-5-12(14-10-16)9-13(11)15/h4-5,9H,2-3,6-8H2,1H3.